The number of allylic oxidation sites excluding steroid dienone is 1. The zero-order chi connectivity index (χ0) is 36.2. The number of nitrogens with zero attached hydrogens (tertiary/aromatic N) is 5. The molecular formula is C38H44N6O8. The number of aliphatic hydroxyl groups is 1. The highest BCUT2D eigenvalue weighted by molar-refractivity contribution is 5.99. The molecule has 0 aliphatic carbocycles. The summed E-state index contributed by atoms with van der Waals surface area (Å²) in [6.45, 7) is 0.628. The number of fused-ring (bicyclic) bond motifs is 3. The Bertz CT molecular complexity index is 1850. The number of hydrogen-bond acceptors (Lipinski definition) is 10. The lowest BCUT2D eigenvalue weighted by Gasteiger charge is -2.35. The third-order valence-electron chi connectivity index (χ3n) is 10.4. The molecule has 3 aromatic rings. The van der Waals surface area contributed by atoms with Gasteiger partial charge in [-0.25, -0.2) is 4.68 Å². The van der Waals surface area contributed by atoms with Crippen LogP contribution in [0.2, 0.25) is 0 Å². The fraction of sp³-hybridized carbons (Fsp3) is 0.474. The summed E-state index contributed by atoms with van der Waals surface area (Å²) in [5.41, 5.74) is 0.620. The Morgan fingerprint density at radius 2 is 1.81 bits per heavy atom. The fourth-order valence-corrected chi connectivity index (χ4v) is 8.06. The number of nitrogens with one attached hydrogen (secondary N) is 1. The van der Waals surface area contributed by atoms with Gasteiger partial charge in [0.15, 0.2) is 0 Å². The molecule has 2 fully saturated rings. The number of amides is 3. The third-order valence-corrected chi connectivity index (χ3v) is 10.4. The SMILES string of the molecule is COC[C@@H]1NC(=O)CC/C=C\[C@@H]2O[C@@]34C=CCN(Cn5nnc6ccccc65)C(=O)[C@@H]3N(CCCCCO)C(=O)[C@H]4[C@@H]2C(=O)O[C@H]1c1ccccc1. The summed E-state index contributed by atoms with van der Waals surface area (Å²) in [6.07, 6.45) is 7.54. The number of benzene rings is 2. The monoisotopic (exact) mass is 712 g/mol. The highest BCUT2D eigenvalue weighted by atomic mass is 16.6. The van der Waals surface area contributed by atoms with Crippen molar-refractivity contribution in [2.45, 2.75) is 68.7 Å². The molecule has 7 atom stereocenters. The van der Waals surface area contributed by atoms with Crippen LogP contribution in [0.5, 0.6) is 0 Å². The van der Waals surface area contributed by atoms with E-state index in [2.05, 4.69) is 15.6 Å². The van der Waals surface area contributed by atoms with Gasteiger partial charge in [-0.3, -0.25) is 19.2 Å². The number of likely N-dealkylation sites (tertiary alicyclic amines) is 1. The number of hydrogen-bond donors (Lipinski definition) is 2. The van der Waals surface area contributed by atoms with E-state index < -0.39 is 47.7 Å². The van der Waals surface area contributed by atoms with Gasteiger partial charge in [-0.15, -0.1) is 5.10 Å². The normalized spacial score (nSPS) is 29.8. The highest BCUT2D eigenvalue weighted by Crippen LogP contribution is 2.53. The number of cyclic esters (lactones) is 1. The highest BCUT2D eigenvalue weighted by Gasteiger charge is 2.71. The Morgan fingerprint density at radius 3 is 2.62 bits per heavy atom. The summed E-state index contributed by atoms with van der Waals surface area (Å²) in [6, 6.07) is 14.8. The Labute approximate surface area is 301 Å². The summed E-state index contributed by atoms with van der Waals surface area (Å²) < 4.78 is 20.3. The molecule has 1 aromatic heterocycles. The van der Waals surface area contributed by atoms with Crippen molar-refractivity contribution in [3.05, 3.63) is 84.5 Å². The van der Waals surface area contributed by atoms with Crippen molar-refractivity contribution in [1.82, 2.24) is 30.1 Å². The van der Waals surface area contributed by atoms with Crippen LogP contribution >= 0.6 is 0 Å². The first kappa shape index (κ1) is 35.5. The van der Waals surface area contributed by atoms with Gasteiger partial charge < -0.3 is 34.4 Å². The van der Waals surface area contributed by atoms with Crippen LogP contribution in [0.1, 0.15) is 43.8 Å². The first-order chi connectivity index (χ1) is 25.4. The molecule has 4 aliphatic rings. The van der Waals surface area contributed by atoms with E-state index in [1.807, 2.05) is 60.7 Å². The van der Waals surface area contributed by atoms with Gasteiger partial charge in [0.1, 0.15) is 35.9 Å². The number of aromatic nitrogens is 3. The Morgan fingerprint density at radius 1 is 1.00 bits per heavy atom. The van der Waals surface area contributed by atoms with Gasteiger partial charge >= 0.3 is 5.97 Å². The first-order valence-corrected chi connectivity index (χ1v) is 17.9. The lowest BCUT2D eigenvalue weighted by atomic mass is 9.77. The molecule has 0 bridgehead atoms. The maximum absolute atomic E-state index is 14.8. The minimum absolute atomic E-state index is 0.0172. The standard InChI is InChI=1S/C38H44N6O8/c1-50-23-27-33(25-13-4-2-5-14-25)51-37(49)31-29(17-8-9-18-30(46)39-27)52-38-19-12-20-42(24-44-28-16-7-6-15-26(28)40-41-44)36(48)34(38)43(35(47)32(31)38)21-10-3-11-22-45/h2,4-8,12-17,19,27,29,31-34,45H,3,9-11,18,20-24H2,1H3,(H,39,46)/b17-8-/t27-,29-,31+,32+,33-,34-,38+/m0/s1. The number of esters is 1. The molecule has 274 valence electrons. The van der Waals surface area contributed by atoms with E-state index in [1.54, 1.807) is 32.7 Å². The molecule has 2 N–H and O–H groups in total. The molecule has 0 radical (unpaired) electrons. The number of ether oxygens (including phenoxy) is 3. The predicted molar refractivity (Wildman–Crippen MR) is 187 cm³/mol. The summed E-state index contributed by atoms with van der Waals surface area (Å²) in [4.78, 5) is 60.4. The van der Waals surface area contributed by atoms with Gasteiger partial charge in [0.25, 0.3) is 5.91 Å². The van der Waals surface area contributed by atoms with Gasteiger partial charge in [-0.05, 0) is 43.4 Å². The minimum atomic E-state index is -1.48. The Kier molecular flexibility index (Phi) is 10.5. The fourth-order valence-electron chi connectivity index (χ4n) is 8.06. The van der Waals surface area contributed by atoms with Gasteiger partial charge in [-0.2, -0.15) is 0 Å². The van der Waals surface area contributed by atoms with Crippen LogP contribution in [0.3, 0.4) is 0 Å². The van der Waals surface area contributed by atoms with E-state index in [4.69, 9.17) is 14.2 Å². The Hall–Kier alpha value is -4.92. The molecule has 52 heavy (non-hydrogen) atoms. The summed E-state index contributed by atoms with van der Waals surface area (Å²) in [5.74, 6) is -3.78. The summed E-state index contributed by atoms with van der Waals surface area (Å²) in [5, 5.41) is 20.9. The van der Waals surface area contributed by atoms with E-state index in [-0.39, 0.29) is 57.1 Å². The van der Waals surface area contributed by atoms with Crippen molar-refractivity contribution >= 4 is 34.7 Å². The minimum Gasteiger partial charge on any atom is -0.455 e. The molecule has 14 nitrogen and oxygen atoms in total. The molecular weight excluding hydrogens is 668 g/mol. The van der Waals surface area contributed by atoms with Crippen LogP contribution in [-0.4, -0.2) is 111 Å². The smallest absolute Gasteiger partial charge is 0.313 e. The van der Waals surface area contributed by atoms with Crippen molar-refractivity contribution < 1.29 is 38.5 Å². The molecule has 0 unspecified atom stereocenters. The first-order valence-electron chi connectivity index (χ1n) is 17.9. The number of unbranched alkanes of at least 4 members (excludes halogenated alkanes) is 2. The molecule has 2 saturated heterocycles. The zero-order valence-electron chi connectivity index (χ0n) is 29.1. The number of carbonyl (C=O) groups excluding carboxylic acids is 4. The quantitative estimate of drug-likeness (QED) is 0.181. The van der Waals surface area contributed by atoms with E-state index in [0.717, 1.165) is 5.52 Å². The van der Waals surface area contributed by atoms with Crippen LogP contribution in [0.25, 0.3) is 11.0 Å². The number of rotatable bonds is 10. The second-order valence-electron chi connectivity index (χ2n) is 13.7. The maximum Gasteiger partial charge on any atom is 0.313 e. The topological polar surface area (TPSA) is 165 Å². The maximum atomic E-state index is 14.8. The Balaban J connectivity index is 1.27. The summed E-state index contributed by atoms with van der Waals surface area (Å²) >= 11 is 0. The van der Waals surface area contributed by atoms with Crippen LogP contribution in [0.15, 0.2) is 78.9 Å². The number of methoxy groups -OCH3 is 1. The molecule has 0 saturated carbocycles. The second-order valence-corrected chi connectivity index (χ2v) is 13.7. The van der Waals surface area contributed by atoms with Crippen LogP contribution in [-0.2, 0) is 40.1 Å². The van der Waals surface area contributed by atoms with Crippen LogP contribution in [0, 0.1) is 11.8 Å². The van der Waals surface area contributed by atoms with Gasteiger partial charge in [-0.1, -0.05) is 72.0 Å². The second kappa shape index (κ2) is 15.4. The van der Waals surface area contributed by atoms with Crippen LogP contribution in [0.4, 0.5) is 0 Å². The zero-order valence-corrected chi connectivity index (χ0v) is 29.1. The van der Waals surface area contributed by atoms with E-state index >= 15 is 0 Å². The molecule has 5 heterocycles. The average molecular weight is 713 g/mol. The van der Waals surface area contributed by atoms with Gasteiger partial charge in [0.2, 0.25) is 11.8 Å². The third kappa shape index (κ3) is 6.61. The lowest BCUT2D eigenvalue weighted by Crippen LogP contribution is -2.55. The molecule has 3 amide bonds. The van der Waals surface area contributed by atoms with E-state index in [1.165, 1.54) is 7.11 Å². The largest absolute Gasteiger partial charge is 0.455 e. The molecule has 2 aromatic carbocycles. The number of para-hydroxylation sites is 1. The van der Waals surface area contributed by atoms with Crippen molar-refractivity contribution in [2.75, 3.05) is 33.4 Å². The van der Waals surface area contributed by atoms with Gasteiger partial charge in [0.05, 0.1) is 30.2 Å². The number of carbonyl (C=O) groups is 4. The lowest BCUT2D eigenvalue weighted by molar-refractivity contribution is -0.162. The van der Waals surface area contributed by atoms with Crippen molar-refractivity contribution in [3.63, 3.8) is 0 Å². The van der Waals surface area contributed by atoms with Crippen molar-refractivity contribution in [1.29, 1.82) is 0 Å². The predicted octanol–water partition coefficient (Wildman–Crippen LogP) is 2.30. The van der Waals surface area contributed by atoms with Crippen LogP contribution < -0.4 is 5.32 Å². The number of aliphatic hydroxyl groups excluding tert-OH is 1. The molecule has 14 heteroatoms. The van der Waals surface area contributed by atoms with E-state index in [0.29, 0.717) is 36.8 Å². The molecule has 7 rings (SSSR count). The van der Waals surface area contributed by atoms with Gasteiger partial charge in [0, 0.05) is 33.2 Å². The molecule has 4 aliphatic heterocycles. The van der Waals surface area contributed by atoms with Crippen molar-refractivity contribution in [2.24, 2.45) is 11.8 Å². The average Bonchev–Trinajstić information content (AvgIpc) is 3.74. The van der Waals surface area contributed by atoms with Crippen molar-refractivity contribution in [3.8, 4) is 0 Å². The van der Waals surface area contributed by atoms with E-state index in [9.17, 15) is 24.3 Å². The summed E-state index contributed by atoms with van der Waals surface area (Å²) in [7, 11) is 1.51. The molecule has 1 spiro atoms.